The summed E-state index contributed by atoms with van der Waals surface area (Å²) in [5.41, 5.74) is 2.90. The summed E-state index contributed by atoms with van der Waals surface area (Å²) < 4.78 is 0. The first-order chi connectivity index (χ1) is 14.2. The molecule has 2 saturated heterocycles. The molecule has 2 aromatic rings. The minimum absolute atomic E-state index is 0.0246. The van der Waals surface area contributed by atoms with Gasteiger partial charge in [-0.05, 0) is 42.9 Å². The predicted octanol–water partition coefficient (Wildman–Crippen LogP) is 2.45. The van der Waals surface area contributed by atoms with Crippen LogP contribution in [0.4, 0.5) is 5.69 Å². The van der Waals surface area contributed by atoms with Crippen molar-refractivity contribution in [2.45, 2.75) is 19.3 Å². The van der Waals surface area contributed by atoms with Crippen molar-refractivity contribution in [3.05, 3.63) is 59.9 Å². The Morgan fingerprint density at radius 3 is 2.41 bits per heavy atom. The number of rotatable bonds is 5. The molecule has 0 bridgehead atoms. The summed E-state index contributed by atoms with van der Waals surface area (Å²) >= 11 is 0. The molecule has 0 saturated carbocycles. The van der Waals surface area contributed by atoms with Crippen LogP contribution in [-0.2, 0) is 11.2 Å². The number of aromatic nitrogens is 1. The van der Waals surface area contributed by atoms with E-state index in [1.165, 1.54) is 5.56 Å². The number of anilines is 1. The summed E-state index contributed by atoms with van der Waals surface area (Å²) in [6.07, 6.45) is 5.78. The van der Waals surface area contributed by atoms with Crippen LogP contribution in [0, 0.1) is 5.92 Å². The Kier molecular flexibility index (Phi) is 6.08. The summed E-state index contributed by atoms with van der Waals surface area (Å²) in [6, 6.07) is 14.4. The highest BCUT2D eigenvalue weighted by Crippen LogP contribution is 2.23. The number of piperidine rings is 1. The highest BCUT2D eigenvalue weighted by Gasteiger charge is 2.25. The van der Waals surface area contributed by atoms with Crippen molar-refractivity contribution < 1.29 is 9.59 Å². The molecule has 6 heteroatoms. The number of piperazine rings is 1. The number of carbonyl (C=O) groups is 2. The van der Waals surface area contributed by atoms with Gasteiger partial charge in [-0.15, -0.1) is 0 Å². The maximum Gasteiger partial charge on any atom is 0.272 e. The van der Waals surface area contributed by atoms with Crippen molar-refractivity contribution in [2.75, 3.05) is 44.2 Å². The lowest BCUT2D eigenvalue weighted by Gasteiger charge is -2.34. The second-order valence-electron chi connectivity index (χ2n) is 7.95. The number of pyridine rings is 1. The fourth-order valence-corrected chi connectivity index (χ4v) is 4.27. The Labute approximate surface area is 172 Å². The van der Waals surface area contributed by atoms with Crippen molar-refractivity contribution in [2.24, 2.45) is 5.92 Å². The summed E-state index contributed by atoms with van der Waals surface area (Å²) in [7, 11) is 0. The molecule has 2 aliphatic rings. The van der Waals surface area contributed by atoms with Gasteiger partial charge in [0.2, 0.25) is 6.41 Å². The van der Waals surface area contributed by atoms with Crippen molar-refractivity contribution in [1.82, 2.24) is 14.8 Å². The molecule has 0 unspecified atom stereocenters. The molecule has 0 radical (unpaired) electrons. The molecule has 29 heavy (non-hydrogen) atoms. The largest absolute Gasteiger partial charge is 0.368 e. The van der Waals surface area contributed by atoms with Crippen LogP contribution < -0.4 is 4.90 Å². The van der Waals surface area contributed by atoms with Crippen LogP contribution in [0.2, 0.25) is 0 Å². The zero-order valence-corrected chi connectivity index (χ0v) is 16.7. The number of nitrogens with zero attached hydrogens (tertiary/aromatic N) is 4. The molecule has 1 aromatic carbocycles. The maximum absolute atomic E-state index is 13.0. The SMILES string of the molecule is O=CN1CCN(c2ccnc(C(=O)N3CCC(Cc4ccccc4)CC3)c2)CC1. The molecule has 0 N–H and O–H groups in total. The third kappa shape index (κ3) is 4.75. The molecule has 6 nitrogen and oxygen atoms in total. The van der Waals surface area contributed by atoms with Crippen molar-refractivity contribution in [3.8, 4) is 0 Å². The standard InChI is InChI=1S/C23H28N4O2/c28-18-25-12-14-26(15-13-25)21-6-9-24-22(17-21)23(29)27-10-7-20(8-11-27)16-19-4-2-1-3-5-19/h1-6,9,17-18,20H,7-8,10-16H2. The summed E-state index contributed by atoms with van der Waals surface area (Å²) in [6.45, 7) is 4.57. The number of likely N-dealkylation sites (tertiary alicyclic amines) is 1. The Hall–Kier alpha value is -2.89. The first-order valence-corrected chi connectivity index (χ1v) is 10.5. The van der Waals surface area contributed by atoms with Gasteiger partial charge < -0.3 is 14.7 Å². The highest BCUT2D eigenvalue weighted by atomic mass is 16.2. The minimum atomic E-state index is 0.0246. The molecule has 152 valence electrons. The van der Waals surface area contributed by atoms with E-state index in [0.717, 1.165) is 57.5 Å². The Morgan fingerprint density at radius 2 is 1.72 bits per heavy atom. The van der Waals surface area contributed by atoms with Crippen LogP contribution in [0.1, 0.15) is 28.9 Å². The van der Waals surface area contributed by atoms with E-state index in [1.807, 2.05) is 23.1 Å². The normalized spacial score (nSPS) is 18.0. The number of amides is 2. The molecule has 1 aromatic heterocycles. The smallest absolute Gasteiger partial charge is 0.272 e. The van der Waals surface area contributed by atoms with E-state index in [9.17, 15) is 9.59 Å². The lowest BCUT2D eigenvalue weighted by molar-refractivity contribution is -0.118. The van der Waals surface area contributed by atoms with Gasteiger partial charge in [0.25, 0.3) is 5.91 Å². The van der Waals surface area contributed by atoms with Crippen LogP contribution in [-0.4, -0.2) is 66.4 Å². The molecule has 3 heterocycles. The van der Waals surface area contributed by atoms with E-state index in [-0.39, 0.29) is 5.91 Å². The molecule has 4 rings (SSSR count). The molecule has 2 fully saturated rings. The van der Waals surface area contributed by atoms with Gasteiger partial charge in [-0.2, -0.15) is 0 Å². The number of hydrogen-bond acceptors (Lipinski definition) is 4. The molecule has 2 amide bonds. The Bertz CT molecular complexity index is 826. The zero-order chi connectivity index (χ0) is 20.1. The number of carbonyl (C=O) groups excluding carboxylic acids is 2. The second-order valence-corrected chi connectivity index (χ2v) is 7.95. The summed E-state index contributed by atoms with van der Waals surface area (Å²) in [5.74, 6) is 0.659. The van der Waals surface area contributed by atoms with E-state index in [4.69, 9.17) is 0 Å². The Balaban J connectivity index is 1.34. The minimum Gasteiger partial charge on any atom is -0.368 e. The maximum atomic E-state index is 13.0. The fraction of sp³-hybridized carbons (Fsp3) is 0.435. The van der Waals surface area contributed by atoms with Crippen LogP contribution in [0.15, 0.2) is 48.7 Å². The van der Waals surface area contributed by atoms with E-state index in [1.54, 1.807) is 11.1 Å². The van der Waals surface area contributed by atoms with Gasteiger partial charge in [0.05, 0.1) is 0 Å². The first-order valence-electron chi connectivity index (χ1n) is 10.5. The molecule has 0 atom stereocenters. The topological polar surface area (TPSA) is 56.8 Å². The van der Waals surface area contributed by atoms with Gasteiger partial charge in [0, 0.05) is 51.2 Å². The van der Waals surface area contributed by atoms with E-state index in [2.05, 4.69) is 34.1 Å². The van der Waals surface area contributed by atoms with Crippen LogP contribution in [0.3, 0.4) is 0 Å². The average molecular weight is 393 g/mol. The van der Waals surface area contributed by atoms with Crippen LogP contribution in [0.5, 0.6) is 0 Å². The van der Waals surface area contributed by atoms with Gasteiger partial charge in [-0.25, -0.2) is 0 Å². The second kappa shape index (κ2) is 9.07. The predicted molar refractivity (Wildman–Crippen MR) is 113 cm³/mol. The highest BCUT2D eigenvalue weighted by molar-refractivity contribution is 5.93. The third-order valence-electron chi connectivity index (χ3n) is 6.06. The fourth-order valence-electron chi connectivity index (χ4n) is 4.27. The number of hydrogen-bond donors (Lipinski definition) is 0. The lowest BCUT2D eigenvalue weighted by atomic mass is 9.90. The van der Waals surface area contributed by atoms with Gasteiger partial charge >= 0.3 is 0 Å². The quantitative estimate of drug-likeness (QED) is 0.734. The monoisotopic (exact) mass is 392 g/mol. The molecule has 0 aliphatic carbocycles. The Morgan fingerprint density at radius 1 is 1.00 bits per heavy atom. The third-order valence-corrected chi connectivity index (χ3v) is 6.06. The van der Waals surface area contributed by atoms with Gasteiger partial charge in [-0.3, -0.25) is 14.6 Å². The average Bonchev–Trinajstić information content (AvgIpc) is 2.80. The molecule has 2 aliphatic heterocycles. The molecular formula is C23H28N4O2. The van der Waals surface area contributed by atoms with Crippen LogP contribution >= 0.6 is 0 Å². The van der Waals surface area contributed by atoms with Gasteiger partial charge in [0.15, 0.2) is 0 Å². The summed E-state index contributed by atoms with van der Waals surface area (Å²) in [5, 5.41) is 0. The van der Waals surface area contributed by atoms with E-state index in [0.29, 0.717) is 24.7 Å². The van der Waals surface area contributed by atoms with Crippen molar-refractivity contribution >= 4 is 18.0 Å². The van der Waals surface area contributed by atoms with Gasteiger partial charge in [0.1, 0.15) is 5.69 Å². The lowest BCUT2D eigenvalue weighted by Crippen LogP contribution is -2.45. The number of benzene rings is 1. The van der Waals surface area contributed by atoms with Crippen LogP contribution in [0.25, 0.3) is 0 Å². The molecular weight excluding hydrogens is 364 g/mol. The summed E-state index contributed by atoms with van der Waals surface area (Å²) in [4.78, 5) is 34.2. The van der Waals surface area contributed by atoms with Gasteiger partial charge in [-0.1, -0.05) is 30.3 Å². The van der Waals surface area contributed by atoms with E-state index >= 15 is 0 Å². The molecule has 0 spiro atoms. The first kappa shape index (κ1) is 19.4. The van der Waals surface area contributed by atoms with Crippen molar-refractivity contribution in [3.63, 3.8) is 0 Å². The van der Waals surface area contributed by atoms with E-state index < -0.39 is 0 Å². The zero-order valence-electron chi connectivity index (χ0n) is 16.7. The van der Waals surface area contributed by atoms with Crippen molar-refractivity contribution in [1.29, 1.82) is 0 Å².